The highest BCUT2D eigenvalue weighted by atomic mass is 19.1. The van der Waals surface area contributed by atoms with Crippen molar-refractivity contribution in [2.45, 2.75) is 59.5 Å². The molecule has 11 nitrogen and oxygen atoms in total. The molecule has 4 aromatic rings. The minimum absolute atomic E-state index is 0.0180. The number of carbonyl (C=O) groups excluding carboxylic acids is 2. The van der Waals surface area contributed by atoms with Crippen molar-refractivity contribution in [3.05, 3.63) is 84.1 Å². The Bertz CT molecular complexity index is 1640. The quantitative estimate of drug-likeness (QED) is 0.167. The number of nitrogens with one attached hydrogen (secondary N) is 3. The van der Waals surface area contributed by atoms with Crippen LogP contribution in [0.2, 0.25) is 0 Å². The van der Waals surface area contributed by atoms with Gasteiger partial charge >= 0.3 is 12.1 Å². The van der Waals surface area contributed by atoms with Crippen LogP contribution in [0.5, 0.6) is 17.2 Å². The summed E-state index contributed by atoms with van der Waals surface area (Å²) in [6.07, 6.45) is 1.09. The summed E-state index contributed by atoms with van der Waals surface area (Å²) < 4.78 is 33.1. The van der Waals surface area contributed by atoms with Crippen LogP contribution in [0.3, 0.4) is 0 Å². The van der Waals surface area contributed by atoms with Gasteiger partial charge in [-0.2, -0.15) is 5.10 Å². The first-order valence-corrected chi connectivity index (χ1v) is 14.4. The van der Waals surface area contributed by atoms with E-state index >= 15 is 0 Å². The minimum Gasteiger partial charge on any atom is -0.492 e. The lowest BCUT2D eigenvalue weighted by Gasteiger charge is -2.19. The highest BCUT2D eigenvalue weighted by Crippen LogP contribution is 2.29. The summed E-state index contributed by atoms with van der Waals surface area (Å²) in [6.45, 7) is 13.8. The number of aromatic nitrogens is 3. The van der Waals surface area contributed by atoms with Gasteiger partial charge in [-0.1, -0.05) is 20.8 Å². The normalized spacial score (nSPS) is 11.5. The molecule has 45 heavy (non-hydrogen) atoms. The van der Waals surface area contributed by atoms with Crippen LogP contribution in [0.4, 0.5) is 25.5 Å². The predicted molar refractivity (Wildman–Crippen MR) is 170 cm³/mol. The van der Waals surface area contributed by atoms with E-state index in [9.17, 15) is 14.0 Å². The van der Waals surface area contributed by atoms with Crippen LogP contribution in [-0.4, -0.2) is 45.6 Å². The molecule has 0 fully saturated rings. The number of anilines is 2. The summed E-state index contributed by atoms with van der Waals surface area (Å²) in [5.74, 6) is 1.12. The van der Waals surface area contributed by atoms with Gasteiger partial charge in [0.25, 0.3) is 0 Å². The molecule has 0 radical (unpaired) electrons. The Kier molecular flexibility index (Phi) is 9.95. The second-order valence-electron chi connectivity index (χ2n) is 12.3. The van der Waals surface area contributed by atoms with E-state index in [0.717, 1.165) is 11.4 Å². The van der Waals surface area contributed by atoms with E-state index < -0.39 is 23.5 Å². The lowest BCUT2D eigenvalue weighted by Crippen LogP contribution is -2.34. The van der Waals surface area contributed by atoms with Crippen molar-refractivity contribution < 1.29 is 28.2 Å². The first-order valence-electron chi connectivity index (χ1n) is 14.4. The van der Waals surface area contributed by atoms with Crippen LogP contribution in [0.1, 0.15) is 52.9 Å². The van der Waals surface area contributed by atoms with Crippen molar-refractivity contribution in [1.29, 1.82) is 0 Å². The molecule has 3 N–H and O–H groups in total. The molecule has 12 heteroatoms. The molecule has 2 aromatic carbocycles. The molecule has 0 atom stereocenters. The molecule has 4 rings (SSSR count). The number of pyridine rings is 1. The zero-order valence-corrected chi connectivity index (χ0v) is 26.5. The van der Waals surface area contributed by atoms with E-state index in [1.165, 1.54) is 12.1 Å². The number of hydrogen-bond acceptors (Lipinski definition) is 7. The number of aryl methyl sites for hydroxylation is 1. The number of nitrogens with zero attached hydrogens (tertiary/aromatic N) is 3. The third-order valence-electron chi connectivity index (χ3n) is 6.13. The number of rotatable bonds is 9. The van der Waals surface area contributed by atoms with Crippen molar-refractivity contribution in [3.63, 3.8) is 0 Å². The standard InChI is InChI=1S/C33H39FN6O5/c1-21-18-25(14-15-35-21)44-24-12-13-27(26(34)19-24)37-30(41)38-29-20-28(32(2,3)4)39-40(29)22-8-10-23(11-9-22)43-17-16-36-31(42)45-33(5,6)7/h8-15,18-20H,16-17H2,1-7H3,(H,36,42)(H2,37,38,41). The summed E-state index contributed by atoms with van der Waals surface area (Å²) >= 11 is 0. The number of alkyl carbamates (subject to hydrolysis) is 1. The highest BCUT2D eigenvalue weighted by Gasteiger charge is 2.22. The van der Waals surface area contributed by atoms with Crippen LogP contribution < -0.4 is 25.4 Å². The van der Waals surface area contributed by atoms with Crippen molar-refractivity contribution in [3.8, 4) is 22.9 Å². The van der Waals surface area contributed by atoms with E-state index in [2.05, 4.69) is 20.9 Å². The van der Waals surface area contributed by atoms with Gasteiger partial charge in [0.05, 0.1) is 23.6 Å². The minimum atomic E-state index is -0.658. The number of carbonyl (C=O) groups is 2. The molecule has 2 aromatic heterocycles. The molecule has 0 aliphatic carbocycles. The fourth-order valence-electron chi connectivity index (χ4n) is 4.00. The first-order chi connectivity index (χ1) is 21.2. The summed E-state index contributed by atoms with van der Waals surface area (Å²) in [5.41, 5.74) is 1.27. The Labute approximate surface area is 262 Å². The number of amides is 3. The second-order valence-corrected chi connectivity index (χ2v) is 12.3. The van der Waals surface area contributed by atoms with E-state index in [1.807, 2.05) is 27.7 Å². The molecule has 0 unspecified atom stereocenters. The fourth-order valence-corrected chi connectivity index (χ4v) is 4.00. The molecular formula is C33H39FN6O5. The van der Waals surface area contributed by atoms with Crippen LogP contribution >= 0.6 is 0 Å². The maximum absolute atomic E-state index is 14.9. The summed E-state index contributed by atoms with van der Waals surface area (Å²) in [7, 11) is 0. The van der Waals surface area contributed by atoms with Crippen LogP contribution in [0.15, 0.2) is 66.9 Å². The van der Waals surface area contributed by atoms with Crippen molar-refractivity contribution in [2.24, 2.45) is 0 Å². The van der Waals surface area contributed by atoms with E-state index in [0.29, 0.717) is 23.0 Å². The smallest absolute Gasteiger partial charge is 0.407 e. The van der Waals surface area contributed by atoms with E-state index in [1.54, 1.807) is 80.2 Å². The van der Waals surface area contributed by atoms with Crippen molar-refractivity contribution in [1.82, 2.24) is 20.1 Å². The van der Waals surface area contributed by atoms with Gasteiger partial charge in [0, 0.05) is 35.5 Å². The number of urea groups is 1. The van der Waals surface area contributed by atoms with E-state index in [4.69, 9.17) is 19.3 Å². The lowest BCUT2D eigenvalue weighted by molar-refractivity contribution is 0.0520. The average molecular weight is 619 g/mol. The third kappa shape index (κ3) is 9.68. The number of hydrogen-bond donors (Lipinski definition) is 3. The maximum Gasteiger partial charge on any atom is 0.407 e. The Morgan fingerprint density at radius 3 is 2.22 bits per heavy atom. The molecule has 0 bridgehead atoms. The zero-order valence-electron chi connectivity index (χ0n) is 26.5. The third-order valence-corrected chi connectivity index (χ3v) is 6.13. The highest BCUT2D eigenvalue weighted by molar-refractivity contribution is 5.99. The monoisotopic (exact) mass is 618 g/mol. The van der Waals surface area contributed by atoms with Gasteiger partial charge in [-0.15, -0.1) is 0 Å². The molecule has 0 saturated carbocycles. The Morgan fingerprint density at radius 1 is 0.889 bits per heavy atom. The molecule has 238 valence electrons. The lowest BCUT2D eigenvalue weighted by atomic mass is 9.92. The van der Waals surface area contributed by atoms with Crippen molar-refractivity contribution in [2.75, 3.05) is 23.8 Å². The van der Waals surface area contributed by atoms with Crippen LogP contribution in [0, 0.1) is 12.7 Å². The number of ether oxygens (including phenoxy) is 3. The van der Waals surface area contributed by atoms with Crippen LogP contribution in [-0.2, 0) is 10.2 Å². The fraction of sp³-hybridized carbons (Fsp3) is 0.333. The van der Waals surface area contributed by atoms with Gasteiger partial charge < -0.3 is 24.8 Å². The molecular weight excluding hydrogens is 579 g/mol. The molecule has 0 aliphatic heterocycles. The van der Waals surface area contributed by atoms with Crippen LogP contribution in [0.25, 0.3) is 5.69 Å². The summed E-state index contributed by atoms with van der Waals surface area (Å²) in [5, 5.41) is 12.7. The topological polar surface area (TPSA) is 129 Å². The van der Waals surface area contributed by atoms with Gasteiger partial charge in [-0.3, -0.25) is 10.3 Å². The van der Waals surface area contributed by atoms with Gasteiger partial charge in [-0.25, -0.2) is 18.7 Å². The number of halogens is 1. The van der Waals surface area contributed by atoms with Crippen molar-refractivity contribution >= 4 is 23.6 Å². The first kappa shape index (κ1) is 32.8. The maximum atomic E-state index is 14.9. The second kappa shape index (κ2) is 13.7. The Hall–Kier alpha value is -5.13. The molecule has 0 spiro atoms. The average Bonchev–Trinajstić information content (AvgIpc) is 3.36. The molecule has 2 heterocycles. The largest absolute Gasteiger partial charge is 0.492 e. The summed E-state index contributed by atoms with van der Waals surface area (Å²) in [4.78, 5) is 28.9. The van der Waals surface area contributed by atoms with E-state index in [-0.39, 0.29) is 30.0 Å². The molecule has 3 amide bonds. The number of benzene rings is 2. The molecule has 0 aliphatic rings. The Morgan fingerprint density at radius 2 is 1.58 bits per heavy atom. The zero-order chi connectivity index (χ0) is 32.8. The molecule has 0 saturated heterocycles. The summed E-state index contributed by atoms with van der Waals surface area (Å²) in [6, 6.07) is 15.8. The van der Waals surface area contributed by atoms with Gasteiger partial charge in [-0.05, 0) is 70.2 Å². The Balaban J connectivity index is 1.41. The predicted octanol–water partition coefficient (Wildman–Crippen LogP) is 7.35. The van der Waals surface area contributed by atoms with Gasteiger partial charge in [0.1, 0.15) is 41.1 Å². The SMILES string of the molecule is Cc1cc(Oc2ccc(NC(=O)Nc3cc(C(C)(C)C)nn3-c3ccc(OCCNC(=O)OC(C)(C)C)cc3)c(F)c2)ccn1. The van der Waals surface area contributed by atoms with Gasteiger partial charge in [0.15, 0.2) is 0 Å². The van der Waals surface area contributed by atoms with Gasteiger partial charge in [0.2, 0.25) is 0 Å².